The Labute approximate surface area is 142 Å². The van der Waals surface area contributed by atoms with Crippen LogP contribution in [0.4, 0.5) is 15.8 Å². The summed E-state index contributed by atoms with van der Waals surface area (Å²) in [6.45, 7) is 1.57. The highest BCUT2D eigenvalue weighted by molar-refractivity contribution is 6.43. The summed E-state index contributed by atoms with van der Waals surface area (Å²) >= 11 is 0. The lowest BCUT2D eigenvalue weighted by molar-refractivity contribution is -0.133. The Morgan fingerprint density at radius 3 is 2.60 bits per heavy atom. The molecule has 8 heteroatoms. The molecule has 0 saturated heterocycles. The fourth-order valence-electron chi connectivity index (χ4n) is 2.18. The SMILES string of the molecule is Cc1cccc(NC(=O)C(=O)Nc2cccc(-n3ccnn3)c2)c1F. The smallest absolute Gasteiger partial charge is 0.314 e. The van der Waals surface area contributed by atoms with Crippen LogP contribution in [-0.4, -0.2) is 26.8 Å². The second kappa shape index (κ2) is 6.91. The Balaban J connectivity index is 1.71. The number of carbonyl (C=O) groups is 2. The molecule has 3 rings (SSSR count). The van der Waals surface area contributed by atoms with Gasteiger partial charge < -0.3 is 10.6 Å². The summed E-state index contributed by atoms with van der Waals surface area (Å²) in [5.41, 5.74) is 1.40. The maximum atomic E-state index is 13.9. The molecule has 0 unspecified atom stereocenters. The fourth-order valence-corrected chi connectivity index (χ4v) is 2.18. The normalized spacial score (nSPS) is 10.3. The van der Waals surface area contributed by atoms with Crippen LogP contribution < -0.4 is 10.6 Å². The van der Waals surface area contributed by atoms with Gasteiger partial charge in [0.25, 0.3) is 0 Å². The number of nitrogens with one attached hydrogen (secondary N) is 2. The zero-order valence-corrected chi connectivity index (χ0v) is 13.2. The first-order valence-electron chi connectivity index (χ1n) is 7.39. The van der Waals surface area contributed by atoms with Crippen LogP contribution in [0.15, 0.2) is 54.9 Å². The second-order valence-electron chi connectivity index (χ2n) is 5.24. The number of aromatic nitrogens is 3. The van der Waals surface area contributed by atoms with Crippen molar-refractivity contribution in [3.8, 4) is 5.69 Å². The van der Waals surface area contributed by atoms with E-state index in [9.17, 15) is 14.0 Å². The molecule has 7 nitrogen and oxygen atoms in total. The maximum absolute atomic E-state index is 13.9. The van der Waals surface area contributed by atoms with E-state index < -0.39 is 17.6 Å². The molecule has 1 heterocycles. The highest BCUT2D eigenvalue weighted by Gasteiger charge is 2.16. The van der Waals surface area contributed by atoms with Gasteiger partial charge in [-0.05, 0) is 36.8 Å². The Morgan fingerprint density at radius 2 is 1.84 bits per heavy atom. The summed E-state index contributed by atoms with van der Waals surface area (Å²) in [6, 6.07) is 11.3. The summed E-state index contributed by atoms with van der Waals surface area (Å²) in [7, 11) is 0. The Kier molecular flexibility index (Phi) is 4.51. The number of halogens is 1. The van der Waals surface area contributed by atoms with E-state index in [2.05, 4.69) is 20.9 Å². The van der Waals surface area contributed by atoms with Crippen molar-refractivity contribution in [2.24, 2.45) is 0 Å². The molecule has 0 bridgehead atoms. The molecule has 0 saturated carbocycles. The van der Waals surface area contributed by atoms with Gasteiger partial charge in [0.15, 0.2) is 0 Å². The van der Waals surface area contributed by atoms with Gasteiger partial charge in [0, 0.05) is 5.69 Å². The lowest BCUT2D eigenvalue weighted by atomic mass is 10.2. The topological polar surface area (TPSA) is 88.9 Å². The number of hydrogen-bond acceptors (Lipinski definition) is 4. The van der Waals surface area contributed by atoms with E-state index in [0.29, 0.717) is 16.9 Å². The molecule has 2 aromatic carbocycles. The molecule has 0 fully saturated rings. The van der Waals surface area contributed by atoms with Gasteiger partial charge in [-0.25, -0.2) is 9.07 Å². The molecule has 3 aromatic rings. The van der Waals surface area contributed by atoms with Crippen LogP contribution in [0.3, 0.4) is 0 Å². The van der Waals surface area contributed by atoms with Gasteiger partial charge in [-0.15, -0.1) is 5.10 Å². The highest BCUT2D eigenvalue weighted by Crippen LogP contribution is 2.17. The highest BCUT2D eigenvalue weighted by atomic mass is 19.1. The first-order valence-corrected chi connectivity index (χ1v) is 7.39. The van der Waals surface area contributed by atoms with Crippen LogP contribution in [0, 0.1) is 12.7 Å². The number of nitrogens with zero attached hydrogens (tertiary/aromatic N) is 3. The summed E-state index contributed by atoms with van der Waals surface area (Å²) < 4.78 is 15.4. The standard InChI is InChI=1S/C17H14FN5O2/c1-11-4-2-7-14(15(11)18)21-17(25)16(24)20-12-5-3-6-13(10-12)23-9-8-19-22-23/h2-10H,1H3,(H,20,24)(H,21,25). The van der Waals surface area contributed by atoms with E-state index >= 15 is 0 Å². The average molecular weight is 339 g/mol. The van der Waals surface area contributed by atoms with Crippen LogP contribution in [-0.2, 0) is 9.59 Å². The molecule has 0 aliphatic rings. The number of benzene rings is 2. The third-order valence-corrected chi connectivity index (χ3v) is 3.44. The van der Waals surface area contributed by atoms with Gasteiger partial charge in [-0.3, -0.25) is 9.59 Å². The minimum absolute atomic E-state index is 0.0449. The Hall–Kier alpha value is -3.55. The lowest BCUT2D eigenvalue weighted by Crippen LogP contribution is -2.29. The predicted octanol–water partition coefficient (Wildman–Crippen LogP) is 2.29. The molecule has 2 amide bonds. The van der Waals surface area contributed by atoms with Gasteiger partial charge in [0.05, 0.1) is 23.8 Å². The zero-order chi connectivity index (χ0) is 17.8. The molecule has 0 aliphatic heterocycles. The number of carbonyl (C=O) groups excluding carboxylic acids is 2. The number of anilines is 2. The van der Waals surface area contributed by atoms with Crippen molar-refractivity contribution in [2.75, 3.05) is 10.6 Å². The minimum atomic E-state index is -0.962. The van der Waals surface area contributed by atoms with Gasteiger partial charge in [0.2, 0.25) is 0 Å². The minimum Gasteiger partial charge on any atom is -0.318 e. The Morgan fingerprint density at radius 1 is 1.08 bits per heavy atom. The fraction of sp³-hybridized carbons (Fsp3) is 0.0588. The summed E-state index contributed by atoms with van der Waals surface area (Å²) in [5, 5.41) is 12.3. The van der Waals surface area contributed by atoms with Crippen molar-refractivity contribution in [1.82, 2.24) is 15.0 Å². The van der Waals surface area contributed by atoms with E-state index in [1.165, 1.54) is 16.9 Å². The molecular formula is C17H14FN5O2. The number of hydrogen-bond donors (Lipinski definition) is 2. The zero-order valence-electron chi connectivity index (χ0n) is 13.2. The quantitative estimate of drug-likeness (QED) is 0.717. The van der Waals surface area contributed by atoms with E-state index in [1.54, 1.807) is 49.5 Å². The van der Waals surface area contributed by atoms with Crippen molar-refractivity contribution in [1.29, 1.82) is 0 Å². The van der Waals surface area contributed by atoms with Crippen molar-refractivity contribution in [3.05, 3.63) is 66.2 Å². The van der Waals surface area contributed by atoms with Crippen molar-refractivity contribution in [2.45, 2.75) is 6.92 Å². The van der Waals surface area contributed by atoms with Crippen molar-refractivity contribution in [3.63, 3.8) is 0 Å². The molecule has 126 valence electrons. The molecule has 1 aromatic heterocycles. The first-order chi connectivity index (χ1) is 12.0. The number of amides is 2. The number of aryl methyl sites for hydroxylation is 1. The van der Waals surface area contributed by atoms with Gasteiger partial charge in [-0.1, -0.05) is 23.4 Å². The monoisotopic (exact) mass is 339 g/mol. The molecular weight excluding hydrogens is 325 g/mol. The van der Waals surface area contributed by atoms with Gasteiger partial charge in [0.1, 0.15) is 5.82 Å². The predicted molar refractivity (Wildman–Crippen MR) is 89.8 cm³/mol. The summed E-state index contributed by atoms with van der Waals surface area (Å²) in [5.74, 6) is -2.44. The van der Waals surface area contributed by atoms with Gasteiger partial charge in [-0.2, -0.15) is 0 Å². The average Bonchev–Trinajstić information content (AvgIpc) is 3.14. The third-order valence-electron chi connectivity index (χ3n) is 3.44. The van der Waals surface area contributed by atoms with Crippen LogP contribution in [0.5, 0.6) is 0 Å². The molecule has 0 spiro atoms. The van der Waals surface area contributed by atoms with Crippen LogP contribution in [0.2, 0.25) is 0 Å². The molecule has 0 atom stereocenters. The summed E-state index contributed by atoms with van der Waals surface area (Å²) in [6.07, 6.45) is 3.17. The third kappa shape index (κ3) is 3.69. The lowest BCUT2D eigenvalue weighted by Gasteiger charge is -2.09. The van der Waals surface area contributed by atoms with Crippen LogP contribution in [0.1, 0.15) is 5.56 Å². The van der Waals surface area contributed by atoms with Crippen LogP contribution >= 0.6 is 0 Å². The number of rotatable bonds is 3. The molecule has 0 aliphatic carbocycles. The van der Waals surface area contributed by atoms with E-state index in [-0.39, 0.29) is 5.69 Å². The van der Waals surface area contributed by atoms with Gasteiger partial charge >= 0.3 is 11.8 Å². The molecule has 2 N–H and O–H groups in total. The van der Waals surface area contributed by atoms with E-state index in [0.717, 1.165) is 0 Å². The molecule has 25 heavy (non-hydrogen) atoms. The Bertz CT molecular complexity index is 925. The van der Waals surface area contributed by atoms with Crippen molar-refractivity contribution >= 4 is 23.2 Å². The van der Waals surface area contributed by atoms with Crippen LogP contribution in [0.25, 0.3) is 5.69 Å². The maximum Gasteiger partial charge on any atom is 0.314 e. The summed E-state index contributed by atoms with van der Waals surface area (Å²) in [4.78, 5) is 24.0. The van der Waals surface area contributed by atoms with E-state index in [4.69, 9.17) is 0 Å². The largest absolute Gasteiger partial charge is 0.318 e. The first kappa shape index (κ1) is 16.3. The van der Waals surface area contributed by atoms with E-state index in [1.807, 2.05) is 0 Å². The molecule has 0 radical (unpaired) electrons. The second-order valence-corrected chi connectivity index (χ2v) is 5.24. The van der Waals surface area contributed by atoms with Crippen molar-refractivity contribution < 1.29 is 14.0 Å².